The molecule has 0 saturated heterocycles. The summed E-state index contributed by atoms with van der Waals surface area (Å²) in [4.78, 5) is 16.3. The maximum Gasteiger partial charge on any atom is 0.179 e. The van der Waals surface area contributed by atoms with E-state index >= 15 is 0 Å². The van der Waals surface area contributed by atoms with E-state index in [1.54, 1.807) is 0 Å². The van der Waals surface area contributed by atoms with Crippen LogP contribution in [0, 0.1) is 5.92 Å². The average Bonchev–Trinajstić information content (AvgIpc) is 2.30. The molecule has 14 heavy (non-hydrogen) atoms. The van der Waals surface area contributed by atoms with Gasteiger partial charge in [-0.15, -0.1) is 0 Å². The maximum absolute atomic E-state index is 12.0. The number of allylic oxidation sites excluding steroid dienone is 2. The van der Waals surface area contributed by atoms with E-state index in [9.17, 15) is 4.79 Å². The molecule has 2 rings (SSSR count). The van der Waals surface area contributed by atoms with Crippen LogP contribution in [0.15, 0.2) is 17.1 Å². The van der Waals surface area contributed by atoms with Gasteiger partial charge in [0.15, 0.2) is 5.78 Å². The Balaban J connectivity index is 1.99. The summed E-state index contributed by atoms with van der Waals surface area (Å²) in [6.07, 6.45) is 10.5. The molecule has 0 spiro atoms. The summed E-state index contributed by atoms with van der Waals surface area (Å²) in [5.41, 5.74) is 0.872. The number of carbonyl (C=O) groups is 1. The van der Waals surface area contributed by atoms with E-state index in [0.29, 0.717) is 5.78 Å². The fourth-order valence-electron chi connectivity index (χ4n) is 2.17. The van der Waals surface area contributed by atoms with Crippen LogP contribution in [-0.2, 0) is 4.79 Å². The van der Waals surface area contributed by atoms with E-state index in [4.69, 9.17) is 0 Å². The van der Waals surface area contributed by atoms with E-state index in [0.717, 1.165) is 50.8 Å². The molecule has 0 aromatic carbocycles. The van der Waals surface area contributed by atoms with Gasteiger partial charge in [-0.05, 0) is 38.5 Å². The summed E-state index contributed by atoms with van der Waals surface area (Å²) in [5, 5.41) is 0. The van der Waals surface area contributed by atoms with Gasteiger partial charge in [0, 0.05) is 12.5 Å². The molecular formula is C12H17NO. The van der Waals surface area contributed by atoms with Crippen molar-refractivity contribution in [3.05, 3.63) is 12.2 Å². The lowest BCUT2D eigenvalue weighted by atomic mass is 9.87. The fourth-order valence-corrected chi connectivity index (χ4v) is 2.17. The lowest BCUT2D eigenvalue weighted by Crippen LogP contribution is -2.26. The molecule has 0 radical (unpaired) electrons. The minimum absolute atomic E-state index is 0.233. The summed E-state index contributed by atoms with van der Waals surface area (Å²) >= 11 is 0. The number of carbonyl (C=O) groups excluding carboxylic acids is 1. The van der Waals surface area contributed by atoms with Gasteiger partial charge in [-0.2, -0.15) is 0 Å². The molecule has 1 unspecified atom stereocenters. The first-order valence-corrected chi connectivity index (χ1v) is 5.60. The number of aliphatic imine (C=N–C) groups is 1. The van der Waals surface area contributed by atoms with Crippen molar-refractivity contribution in [3.63, 3.8) is 0 Å². The number of rotatable bonds is 2. The van der Waals surface area contributed by atoms with Crippen LogP contribution in [0.1, 0.15) is 38.5 Å². The van der Waals surface area contributed by atoms with Crippen LogP contribution < -0.4 is 0 Å². The molecule has 0 saturated carbocycles. The van der Waals surface area contributed by atoms with Gasteiger partial charge < -0.3 is 0 Å². The molecular weight excluding hydrogens is 174 g/mol. The molecule has 76 valence electrons. The number of hydrogen-bond acceptors (Lipinski definition) is 2. The van der Waals surface area contributed by atoms with Crippen molar-refractivity contribution in [2.75, 3.05) is 6.54 Å². The van der Waals surface area contributed by atoms with Gasteiger partial charge >= 0.3 is 0 Å². The highest BCUT2D eigenvalue weighted by atomic mass is 16.1. The second-order valence-corrected chi connectivity index (χ2v) is 4.13. The Morgan fingerprint density at radius 1 is 1.36 bits per heavy atom. The van der Waals surface area contributed by atoms with Crippen molar-refractivity contribution in [1.82, 2.24) is 0 Å². The lowest BCUT2D eigenvalue weighted by Gasteiger charge is -2.19. The molecule has 0 amide bonds. The Morgan fingerprint density at radius 3 is 2.93 bits per heavy atom. The average molecular weight is 191 g/mol. The van der Waals surface area contributed by atoms with Gasteiger partial charge in [-0.3, -0.25) is 9.79 Å². The summed E-state index contributed by atoms with van der Waals surface area (Å²) in [6.45, 7) is 0.865. The summed E-state index contributed by atoms with van der Waals surface area (Å²) in [5.74, 6) is 0.561. The molecule has 0 N–H and O–H groups in total. The zero-order chi connectivity index (χ0) is 9.80. The Hall–Kier alpha value is -0.920. The van der Waals surface area contributed by atoms with Gasteiger partial charge in [0.05, 0.1) is 5.71 Å². The summed E-state index contributed by atoms with van der Waals surface area (Å²) < 4.78 is 0. The van der Waals surface area contributed by atoms with Crippen LogP contribution >= 0.6 is 0 Å². The largest absolute Gasteiger partial charge is 0.293 e. The molecule has 2 aliphatic rings. The molecule has 1 aliphatic heterocycles. The topological polar surface area (TPSA) is 29.4 Å². The van der Waals surface area contributed by atoms with E-state index < -0.39 is 0 Å². The summed E-state index contributed by atoms with van der Waals surface area (Å²) in [6, 6.07) is 0. The third-order valence-electron chi connectivity index (χ3n) is 3.05. The van der Waals surface area contributed by atoms with E-state index in [1.165, 1.54) is 0 Å². The number of ketones is 1. The highest BCUT2D eigenvalue weighted by Crippen LogP contribution is 2.21. The predicted molar refractivity (Wildman–Crippen MR) is 57.6 cm³/mol. The van der Waals surface area contributed by atoms with Gasteiger partial charge in [-0.1, -0.05) is 12.2 Å². The zero-order valence-corrected chi connectivity index (χ0v) is 8.54. The molecule has 0 fully saturated rings. The second kappa shape index (κ2) is 4.54. The summed E-state index contributed by atoms with van der Waals surface area (Å²) in [7, 11) is 0. The van der Waals surface area contributed by atoms with E-state index in [2.05, 4.69) is 17.1 Å². The number of nitrogens with zero attached hydrogens (tertiary/aromatic N) is 1. The fraction of sp³-hybridized carbons (Fsp3) is 0.667. The van der Waals surface area contributed by atoms with Crippen molar-refractivity contribution >= 4 is 11.5 Å². The van der Waals surface area contributed by atoms with Crippen molar-refractivity contribution in [3.8, 4) is 0 Å². The highest BCUT2D eigenvalue weighted by Gasteiger charge is 2.23. The quantitative estimate of drug-likeness (QED) is 0.617. The van der Waals surface area contributed by atoms with Crippen molar-refractivity contribution in [2.45, 2.75) is 38.5 Å². The number of hydrogen-bond donors (Lipinski definition) is 0. The smallest absolute Gasteiger partial charge is 0.179 e. The van der Waals surface area contributed by atoms with Gasteiger partial charge in [0.2, 0.25) is 0 Å². The minimum atomic E-state index is 0.233. The van der Waals surface area contributed by atoms with Crippen molar-refractivity contribution < 1.29 is 4.79 Å². The first-order valence-electron chi connectivity index (χ1n) is 5.60. The molecule has 1 atom stereocenters. The van der Waals surface area contributed by atoms with Crippen LogP contribution in [0.5, 0.6) is 0 Å². The Morgan fingerprint density at radius 2 is 2.29 bits per heavy atom. The van der Waals surface area contributed by atoms with Crippen molar-refractivity contribution in [2.24, 2.45) is 10.9 Å². The van der Waals surface area contributed by atoms with Crippen LogP contribution in [0.4, 0.5) is 0 Å². The number of Topliss-reactive ketones (excluding diaryl/α,β-unsaturated/α-hetero) is 1. The monoisotopic (exact) mass is 191 g/mol. The predicted octanol–water partition coefficient (Wildman–Crippen LogP) is 2.54. The van der Waals surface area contributed by atoms with Gasteiger partial charge in [0.25, 0.3) is 0 Å². The molecule has 2 nitrogen and oxygen atoms in total. The van der Waals surface area contributed by atoms with Crippen molar-refractivity contribution in [1.29, 1.82) is 0 Å². The van der Waals surface area contributed by atoms with Gasteiger partial charge in [0.1, 0.15) is 0 Å². The minimum Gasteiger partial charge on any atom is -0.293 e. The first-order chi connectivity index (χ1) is 6.88. The SMILES string of the molecule is O=C(C1=NCCCC1)C1CC=CCC1. The lowest BCUT2D eigenvalue weighted by molar-refractivity contribution is -0.116. The maximum atomic E-state index is 12.0. The normalized spacial score (nSPS) is 27.1. The first kappa shape index (κ1) is 9.63. The van der Waals surface area contributed by atoms with Crippen LogP contribution in [0.25, 0.3) is 0 Å². The van der Waals surface area contributed by atoms with Crippen LogP contribution in [0.3, 0.4) is 0 Å². The van der Waals surface area contributed by atoms with E-state index in [1.807, 2.05) is 0 Å². The molecule has 2 heteroatoms. The Bertz CT molecular complexity index is 278. The molecule has 0 aromatic rings. The second-order valence-electron chi connectivity index (χ2n) is 4.13. The molecule has 0 aromatic heterocycles. The van der Waals surface area contributed by atoms with Crippen LogP contribution in [0.2, 0.25) is 0 Å². The standard InChI is InChI=1S/C12H17NO/c14-12(10-6-2-1-3-7-10)11-8-4-5-9-13-11/h1-2,10H,3-9H2. The van der Waals surface area contributed by atoms with Gasteiger partial charge in [-0.25, -0.2) is 0 Å². The third kappa shape index (κ3) is 2.11. The molecule has 1 aliphatic carbocycles. The molecule has 1 heterocycles. The zero-order valence-electron chi connectivity index (χ0n) is 8.54. The van der Waals surface area contributed by atoms with Crippen LogP contribution in [-0.4, -0.2) is 18.0 Å². The Kier molecular flexibility index (Phi) is 3.12. The van der Waals surface area contributed by atoms with E-state index in [-0.39, 0.29) is 5.92 Å². The highest BCUT2D eigenvalue weighted by molar-refractivity contribution is 6.40. The Labute approximate surface area is 85.1 Å². The molecule has 0 bridgehead atoms. The third-order valence-corrected chi connectivity index (χ3v) is 3.05.